The average molecular weight is 868 g/mol. The van der Waals surface area contributed by atoms with E-state index in [1.54, 1.807) is 0 Å². The van der Waals surface area contributed by atoms with Crippen molar-refractivity contribution in [2.45, 2.75) is 273 Å². The van der Waals surface area contributed by atoms with Gasteiger partial charge >= 0.3 is 0 Å². The molecule has 0 aromatic rings. The smallest absolute Gasteiger partial charge is 0.00428 e. The third kappa shape index (κ3) is 11.4. The average Bonchev–Trinajstić information content (AvgIpc) is 3.21. The third-order valence-corrected chi connectivity index (χ3v) is 20.7. The molecule has 11 unspecified atom stereocenters. The van der Waals surface area contributed by atoms with Gasteiger partial charge < -0.3 is 0 Å². The Morgan fingerprint density at radius 3 is 1.84 bits per heavy atom. The summed E-state index contributed by atoms with van der Waals surface area (Å²) >= 11 is 4.57. The van der Waals surface area contributed by atoms with E-state index in [0.717, 1.165) is 23.7 Å². The van der Waals surface area contributed by atoms with Crippen molar-refractivity contribution < 1.29 is 0 Å². The molecule has 0 bridgehead atoms. The molecule has 0 radical (unpaired) electrons. The maximum Gasteiger partial charge on any atom is 0.00428 e. The van der Waals surface area contributed by atoms with Crippen molar-refractivity contribution in [3.05, 3.63) is 37.0 Å². The van der Waals surface area contributed by atoms with Gasteiger partial charge in [-0.15, -0.1) is 13.2 Å². The van der Waals surface area contributed by atoms with Crippen LogP contribution in [0.1, 0.15) is 267 Å². The van der Waals surface area contributed by atoms with Crippen molar-refractivity contribution in [1.82, 2.24) is 0 Å². The van der Waals surface area contributed by atoms with E-state index in [1.807, 2.05) is 47.1 Å². The summed E-state index contributed by atoms with van der Waals surface area (Å²) in [6.45, 7) is 61.3. The van der Waals surface area contributed by atoms with Crippen LogP contribution in [0.5, 0.6) is 0 Å². The molecule has 0 saturated heterocycles. The summed E-state index contributed by atoms with van der Waals surface area (Å²) in [6.07, 6.45) is 29.1. The molecule has 0 heterocycles. The van der Waals surface area contributed by atoms with Crippen LogP contribution in [-0.2, 0) is 0 Å². The standard InChI is InChI=1S/C42H72.C10H20S.3C2H6.C2H4/c1-14-15-16-21-35(4,5)28-31-19-22-38(10)32(37(31,8)9)20-23-39(11)33(38)17-18-34-40(39,12)25-27-42(30(2)3)26-24-36(6,7)29-41(34,42)13;1-4-10(3)6-5-9(11)8(2)7-10;4*1-2/h18,31-33H,2,14-17,19-29H2,1,3-13H3;8-9,11H,4-7H2,1-3H3;3*1-2H3;1-2H2. The minimum atomic E-state index is 0.250. The molecule has 0 amide bonds. The zero-order chi connectivity index (χ0) is 47.7. The molecule has 6 aliphatic carbocycles. The first-order valence-corrected chi connectivity index (χ1v) is 27.4. The van der Waals surface area contributed by atoms with Gasteiger partial charge in [-0.25, -0.2) is 0 Å². The molecule has 5 fully saturated rings. The predicted octanol–water partition coefficient (Wildman–Crippen LogP) is 20.8. The van der Waals surface area contributed by atoms with Gasteiger partial charge in [0, 0.05) is 5.25 Å². The Bertz CT molecular complexity index is 1360. The topological polar surface area (TPSA) is 0 Å². The second-order valence-corrected chi connectivity index (χ2v) is 25.3. The first-order valence-electron chi connectivity index (χ1n) is 26.9. The molecule has 0 aromatic heterocycles. The van der Waals surface area contributed by atoms with Crippen LogP contribution in [0, 0.1) is 72.4 Å². The van der Waals surface area contributed by atoms with E-state index in [9.17, 15) is 0 Å². The summed E-state index contributed by atoms with van der Waals surface area (Å²) in [5, 5.41) is 0.662. The third-order valence-electron chi connectivity index (χ3n) is 19.9. The number of thiol groups is 1. The first-order chi connectivity index (χ1) is 28.3. The lowest BCUT2D eigenvalue weighted by Gasteiger charge is -2.74. The molecule has 0 aromatic carbocycles. The molecule has 0 spiro atoms. The summed E-state index contributed by atoms with van der Waals surface area (Å²) in [7, 11) is 0. The van der Waals surface area contributed by atoms with E-state index in [2.05, 4.69) is 136 Å². The molecule has 6 aliphatic rings. The van der Waals surface area contributed by atoms with E-state index in [0.29, 0.717) is 48.6 Å². The Hall–Kier alpha value is -0.430. The maximum atomic E-state index is 4.71. The Labute approximate surface area is 392 Å². The second-order valence-electron chi connectivity index (χ2n) is 24.6. The van der Waals surface area contributed by atoms with Crippen LogP contribution in [0.4, 0.5) is 0 Å². The minimum Gasteiger partial charge on any atom is -0.176 e. The molecule has 1 heteroatoms. The van der Waals surface area contributed by atoms with Gasteiger partial charge in [-0.1, -0.05) is 188 Å². The van der Waals surface area contributed by atoms with Crippen LogP contribution < -0.4 is 0 Å². The molecule has 5 saturated carbocycles. The highest BCUT2D eigenvalue weighted by Crippen LogP contribution is 2.79. The molecule has 0 aliphatic heterocycles. The quantitative estimate of drug-likeness (QED) is 0.140. The Morgan fingerprint density at radius 1 is 0.738 bits per heavy atom. The highest BCUT2D eigenvalue weighted by Gasteiger charge is 2.70. The van der Waals surface area contributed by atoms with Gasteiger partial charge in [0.1, 0.15) is 0 Å². The van der Waals surface area contributed by atoms with Crippen molar-refractivity contribution in [3.63, 3.8) is 0 Å². The summed E-state index contributed by atoms with van der Waals surface area (Å²) in [5.74, 6) is 3.36. The van der Waals surface area contributed by atoms with Crippen molar-refractivity contribution in [2.24, 2.45) is 72.4 Å². The number of unbranched alkanes of at least 4 members (excludes halogenated alkanes) is 2. The van der Waals surface area contributed by atoms with Crippen LogP contribution >= 0.6 is 12.6 Å². The van der Waals surface area contributed by atoms with E-state index >= 15 is 0 Å². The molecule has 61 heavy (non-hydrogen) atoms. The summed E-state index contributed by atoms with van der Waals surface area (Å²) in [6, 6.07) is 0. The first kappa shape index (κ1) is 58.6. The molecule has 0 nitrogen and oxygen atoms in total. The van der Waals surface area contributed by atoms with Crippen LogP contribution in [0.15, 0.2) is 37.0 Å². The summed E-state index contributed by atoms with van der Waals surface area (Å²) < 4.78 is 0. The summed E-state index contributed by atoms with van der Waals surface area (Å²) in [4.78, 5) is 0. The SMILES string of the molecule is C=C.C=C(C)C12CCC(C)(C)CC1(C)C1=CCC3C4(C)CCC(CC(C)(C)CCCCC)C(C)(C)C4CCC3(C)C1(C)CC2.CC.CC.CC.CCC1(C)CCC(S)C(C)C1. The zero-order valence-electron chi connectivity index (χ0n) is 46.0. The molecular weight excluding hydrogens is 753 g/mol. The van der Waals surface area contributed by atoms with Gasteiger partial charge in [-0.2, -0.15) is 12.6 Å². The molecule has 6 rings (SSSR count). The maximum absolute atomic E-state index is 4.71. The van der Waals surface area contributed by atoms with E-state index < -0.39 is 0 Å². The lowest BCUT2D eigenvalue weighted by Crippen LogP contribution is -2.65. The van der Waals surface area contributed by atoms with E-state index in [4.69, 9.17) is 6.58 Å². The van der Waals surface area contributed by atoms with Crippen molar-refractivity contribution >= 4 is 12.6 Å². The lowest BCUT2D eigenvalue weighted by atomic mass is 9.30. The largest absolute Gasteiger partial charge is 0.176 e. The highest BCUT2D eigenvalue weighted by molar-refractivity contribution is 7.81. The van der Waals surface area contributed by atoms with Gasteiger partial charge in [0.2, 0.25) is 0 Å². The Morgan fingerprint density at radius 2 is 1.31 bits per heavy atom. The molecule has 11 atom stereocenters. The lowest BCUT2D eigenvalue weighted by molar-refractivity contribution is -0.200. The predicted molar refractivity (Wildman–Crippen MR) is 284 cm³/mol. The van der Waals surface area contributed by atoms with Crippen LogP contribution in [0.2, 0.25) is 0 Å². The van der Waals surface area contributed by atoms with Gasteiger partial charge in [-0.3, -0.25) is 0 Å². The van der Waals surface area contributed by atoms with Crippen LogP contribution in [0.25, 0.3) is 0 Å². The Balaban J connectivity index is 0.000000826. The number of allylic oxidation sites excluding steroid dienone is 3. The van der Waals surface area contributed by atoms with Gasteiger partial charge in [0.05, 0.1) is 0 Å². The van der Waals surface area contributed by atoms with Crippen LogP contribution in [0.3, 0.4) is 0 Å². The van der Waals surface area contributed by atoms with Gasteiger partial charge in [-0.05, 0) is 176 Å². The van der Waals surface area contributed by atoms with Crippen molar-refractivity contribution in [1.29, 1.82) is 0 Å². The van der Waals surface area contributed by atoms with E-state index in [1.165, 1.54) is 128 Å². The van der Waals surface area contributed by atoms with E-state index in [-0.39, 0.29) is 5.41 Å². The molecular formula is C60H114S. The summed E-state index contributed by atoms with van der Waals surface area (Å²) in [5.41, 5.74) is 7.02. The minimum absolute atomic E-state index is 0.250. The zero-order valence-corrected chi connectivity index (χ0v) is 46.9. The Kier molecular flexibility index (Phi) is 21.9. The van der Waals surface area contributed by atoms with Crippen LogP contribution in [-0.4, -0.2) is 5.25 Å². The molecule has 0 N–H and O–H groups in total. The number of fused-ring (bicyclic) bond motifs is 7. The van der Waals surface area contributed by atoms with Gasteiger partial charge in [0.25, 0.3) is 0 Å². The fraction of sp³-hybridized carbons (Fsp3) is 0.900. The monoisotopic (exact) mass is 867 g/mol. The number of rotatable bonds is 8. The van der Waals surface area contributed by atoms with Crippen molar-refractivity contribution in [2.75, 3.05) is 0 Å². The number of hydrogen-bond acceptors (Lipinski definition) is 1. The van der Waals surface area contributed by atoms with Gasteiger partial charge in [0.15, 0.2) is 0 Å². The molecule has 360 valence electrons. The highest BCUT2D eigenvalue weighted by atomic mass is 32.1. The number of hydrogen-bond donors (Lipinski definition) is 1. The second kappa shape index (κ2) is 22.8. The normalized spacial score (nSPS) is 40.3. The fourth-order valence-corrected chi connectivity index (χ4v) is 16.3. The van der Waals surface area contributed by atoms with Crippen molar-refractivity contribution in [3.8, 4) is 0 Å². The fourth-order valence-electron chi connectivity index (χ4n) is 16.1.